The summed E-state index contributed by atoms with van der Waals surface area (Å²) in [5, 5.41) is 0. The van der Waals surface area contributed by atoms with Crippen LogP contribution in [0.15, 0.2) is 30.3 Å². The summed E-state index contributed by atoms with van der Waals surface area (Å²) in [6.07, 6.45) is 3.79. The zero-order chi connectivity index (χ0) is 23.5. The maximum atomic E-state index is 13.0. The predicted octanol–water partition coefficient (Wildman–Crippen LogP) is 4.21. The quantitative estimate of drug-likeness (QED) is 0.335. The van der Waals surface area contributed by atoms with Gasteiger partial charge < -0.3 is 4.74 Å². The van der Waals surface area contributed by atoms with Crippen LogP contribution in [0.5, 0.6) is 0 Å². The minimum absolute atomic E-state index is 0.0522. The van der Waals surface area contributed by atoms with Gasteiger partial charge in [-0.05, 0) is 24.8 Å². The van der Waals surface area contributed by atoms with E-state index in [4.69, 9.17) is 4.74 Å². The Labute approximate surface area is 190 Å². The van der Waals surface area contributed by atoms with Gasteiger partial charge in [-0.2, -0.15) is 0 Å². The van der Waals surface area contributed by atoms with E-state index in [2.05, 4.69) is 0 Å². The molecule has 1 aromatic rings. The molecule has 1 saturated carbocycles. The van der Waals surface area contributed by atoms with Crippen LogP contribution in [0.1, 0.15) is 77.2 Å². The number of esters is 1. The fourth-order valence-corrected chi connectivity index (χ4v) is 4.22. The molecule has 1 aliphatic carbocycles. The van der Waals surface area contributed by atoms with Crippen LogP contribution in [-0.4, -0.2) is 35.2 Å². The van der Waals surface area contributed by atoms with Crippen LogP contribution < -0.4 is 0 Å². The molecule has 32 heavy (non-hydrogen) atoms. The Morgan fingerprint density at radius 2 is 1.81 bits per heavy atom. The largest absolute Gasteiger partial charge is 0.454 e. The molecule has 2 rings (SSSR count). The van der Waals surface area contributed by atoms with Crippen molar-refractivity contribution in [1.82, 2.24) is 0 Å². The lowest BCUT2D eigenvalue weighted by Crippen LogP contribution is -2.34. The first-order chi connectivity index (χ1) is 15.3. The van der Waals surface area contributed by atoms with Gasteiger partial charge in [0.1, 0.15) is 5.78 Å². The SMILES string of the molecule is CCCC[C@H](CC(=O)[C@@H](Cc1ccccc1)OC(C)=O)C(=O)C(=O)C[C@H]1CCCCC1=O. The first-order valence-electron chi connectivity index (χ1n) is 11.6. The van der Waals surface area contributed by atoms with Crippen LogP contribution in [0.25, 0.3) is 0 Å². The van der Waals surface area contributed by atoms with Crippen LogP contribution in [0.4, 0.5) is 0 Å². The van der Waals surface area contributed by atoms with E-state index < -0.39 is 29.6 Å². The summed E-state index contributed by atoms with van der Waals surface area (Å²) >= 11 is 0. The van der Waals surface area contributed by atoms with E-state index in [-0.39, 0.29) is 36.7 Å². The van der Waals surface area contributed by atoms with E-state index >= 15 is 0 Å². The number of carbonyl (C=O) groups excluding carboxylic acids is 5. The van der Waals surface area contributed by atoms with Crippen molar-refractivity contribution < 1.29 is 28.7 Å². The van der Waals surface area contributed by atoms with Gasteiger partial charge in [-0.1, -0.05) is 56.5 Å². The highest BCUT2D eigenvalue weighted by molar-refractivity contribution is 6.38. The number of ether oxygens (including phenoxy) is 1. The summed E-state index contributed by atoms with van der Waals surface area (Å²) in [5.74, 6) is -3.14. The van der Waals surface area contributed by atoms with Crippen molar-refractivity contribution in [3.8, 4) is 0 Å². The molecule has 0 bridgehead atoms. The first kappa shape index (κ1) is 25.6. The standard InChI is InChI=1S/C26H34O6/c1-3-4-12-21(26(31)24(30)16-20-13-8-9-14-22(20)28)17-23(29)25(32-18(2)27)15-19-10-6-5-7-11-19/h5-7,10-11,20-21,25H,3-4,8-9,12-17H2,1-2H3/t20-,21-,25-/m1/s1. The molecule has 0 saturated heterocycles. The molecule has 0 N–H and O–H groups in total. The number of carbonyl (C=O) groups is 5. The normalized spacial score (nSPS) is 17.9. The molecule has 1 aliphatic rings. The number of Topliss-reactive ketones (excluding diaryl/α,β-unsaturated/α-hetero) is 4. The summed E-state index contributed by atoms with van der Waals surface area (Å²) in [6, 6.07) is 9.21. The average Bonchev–Trinajstić information content (AvgIpc) is 2.77. The van der Waals surface area contributed by atoms with Crippen LogP contribution in [0.2, 0.25) is 0 Å². The third-order valence-electron chi connectivity index (χ3n) is 6.04. The second kappa shape index (κ2) is 13.0. The zero-order valence-electron chi connectivity index (χ0n) is 19.1. The molecule has 1 fully saturated rings. The van der Waals surface area contributed by atoms with Gasteiger partial charge in [0.15, 0.2) is 17.7 Å². The minimum Gasteiger partial charge on any atom is -0.454 e. The second-order valence-electron chi connectivity index (χ2n) is 8.70. The van der Waals surface area contributed by atoms with Gasteiger partial charge in [-0.3, -0.25) is 24.0 Å². The second-order valence-corrected chi connectivity index (χ2v) is 8.70. The molecule has 6 nitrogen and oxygen atoms in total. The zero-order valence-corrected chi connectivity index (χ0v) is 19.1. The van der Waals surface area contributed by atoms with Gasteiger partial charge in [-0.25, -0.2) is 0 Å². The molecular formula is C26H34O6. The Hall–Kier alpha value is -2.63. The average molecular weight is 443 g/mol. The lowest BCUT2D eigenvalue weighted by molar-refractivity contribution is -0.153. The van der Waals surface area contributed by atoms with E-state index in [0.717, 1.165) is 24.8 Å². The Balaban J connectivity index is 2.08. The van der Waals surface area contributed by atoms with Crippen LogP contribution in [0.3, 0.4) is 0 Å². The fraction of sp³-hybridized carbons (Fsp3) is 0.577. The van der Waals surface area contributed by atoms with Crippen molar-refractivity contribution in [3.63, 3.8) is 0 Å². The fourth-order valence-electron chi connectivity index (χ4n) is 4.22. The van der Waals surface area contributed by atoms with Gasteiger partial charge in [0.25, 0.3) is 0 Å². The van der Waals surface area contributed by atoms with Crippen molar-refractivity contribution in [1.29, 1.82) is 0 Å². The van der Waals surface area contributed by atoms with Gasteiger partial charge in [-0.15, -0.1) is 0 Å². The molecule has 6 heteroatoms. The number of ketones is 4. The number of rotatable bonds is 13. The summed E-state index contributed by atoms with van der Waals surface area (Å²) < 4.78 is 5.27. The van der Waals surface area contributed by atoms with Crippen LogP contribution in [0, 0.1) is 11.8 Å². The summed E-state index contributed by atoms with van der Waals surface area (Å²) in [6.45, 7) is 3.22. The highest BCUT2D eigenvalue weighted by Gasteiger charge is 2.33. The van der Waals surface area contributed by atoms with E-state index in [9.17, 15) is 24.0 Å². The molecule has 174 valence electrons. The molecule has 0 radical (unpaired) electrons. The first-order valence-corrected chi connectivity index (χ1v) is 11.6. The maximum absolute atomic E-state index is 13.0. The molecule has 0 spiro atoms. The highest BCUT2D eigenvalue weighted by atomic mass is 16.5. The van der Waals surface area contributed by atoms with E-state index in [1.807, 2.05) is 37.3 Å². The minimum atomic E-state index is -0.998. The van der Waals surface area contributed by atoms with Crippen LogP contribution in [-0.2, 0) is 35.1 Å². The molecule has 0 unspecified atom stereocenters. The third kappa shape index (κ3) is 8.13. The molecule has 0 heterocycles. The molecule has 0 aromatic heterocycles. The molecule has 3 atom stereocenters. The summed E-state index contributed by atoms with van der Waals surface area (Å²) in [5.41, 5.74) is 0.843. The Morgan fingerprint density at radius 1 is 1.09 bits per heavy atom. The third-order valence-corrected chi connectivity index (χ3v) is 6.04. The van der Waals surface area contributed by atoms with E-state index in [0.29, 0.717) is 25.7 Å². The van der Waals surface area contributed by atoms with Gasteiger partial charge >= 0.3 is 5.97 Å². The topological polar surface area (TPSA) is 94.6 Å². The predicted molar refractivity (Wildman–Crippen MR) is 120 cm³/mol. The summed E-state index contributed by atoms with van der Waals surface area (Å²) in [7, 11) is 0. The summed E-state index contributed by atoms with van der Waals surface area (Å²) in [4.78, 5) is 62.3. The van der Waals surface area contributed by atoms with Crippen molar-refractivity contribution >= 4 is 29.1 Å². The van der Waals surface area contributed by atoms with Crippen molar-refractivity contribution in [2.75, 3.05) is 0 Å². The smallest absolute Gasteiger partial charge is 0.303 e. The van der Waals surface area contributed by atoms with E-state index in [1.54, 1.807) is 0 Å². The highest BCUT2D eigenvalue weighted by Crippen LogP contribution is 2.26. The van der Waals surface area contributed by atoms with E-state index in [1.165, 1.54) is 6.92 Å². The molecular weight excluding hydrogens is 408 g/mol. The molecule has 0 aliphatic heterocycles. The van der Waals surface area contributed by atoms with Gasteiger partial charge in [0, 0.05) is 44.4 Å². The van der Waals surface area contributed by atoms with Crippen molar-refractivity contribution in [3.05, 3.63) is 35.9 Å². The monoisotopic (exact) mass is 442 g/mol. The number of hydrogen-bond acceptors (Lipinski definition) is 6. The maximum Gasteiger partial charge on any atom is 0.303 e. The lowest BCUT2D eigenvalue weighted by Gasteiger charge is -2.22. The van der Waals surface area contributed by atoms with Gasteiger partial charge in [0.2, 0.25) is 5.78 Å². The lowest BCUT2D eigenvalue weighted by atomic mass is 9.81. The number of hydrogen-bond donors (Lipinski definition) is 0. The Kier molecular flexibility index (Phi) is 10.4. The van der Waals surface area contributed by atoms with Crippen molar-refractivity contribution in [2.24, 2.45) is 11.8 Å². The van der Waals surface area contributed by atoms with Gasteiger partial charge in [0.05, 0.1) is 0 Å². The van der Waals surface area contributed by atoms with Crippen LogP contribution >= 0.6 is 0 Å². The molecule has 0 amide bonds. The Bertz CT molecular complexity index is 813. The number of benzene rings is 1. The Morgan fingerprint density at radius 3 is 2.44 bits per heavy atom. The van der Waals surface area contributed by atoms with Crippen molar-refractivity contribution in [2.45, 2.75) is 84.2 Å². The number of unbranched alkanes of at least 4 members (excludes halogenated alkanes) is 1. The molecule has 1 aromatic carbocycles.